The summed E-state index contributed by atoms with van der Waals surface area (Å²) in [6.45, 7) is 4.62. The molecule has 1 aromatic heterocycles. The van der Waals surface area contributed by atoms with Crippen molar-refractivity contribution in [2.45, 2.75) is 32.2 Å². The van der Waals surface area contributed by atoms with Crippen LogP contribution in [0.1, 0.15) is 37.9 Å². The van der Waals surface area contributed by atoms with Gasteiger partial charge in [-0.3, -0.25) is 4.90 Å². The van der Waals surface area contributed by atoms with E-state index < -0.39 is 0 Å². The van der Waals surface area contributed by atoms with Crippen LogP contribution >= 0.6 is 0 Å². The van der Waals surface area contributed by atoms with E-state index >= 15 is 0 Å². The molecule has 0 radical (unpaired) electrons. The topological polar surface area (TPSA) is 54.2 Å². The molecule has 2 aromatic rings. The second-order valence-electron chi connectivity index (χ2n) is 6.11. The average Bonchev–Trinajstić information content (AvgIpc) is 3.05. The van der Waals surface area contributed by atoms with E-state index in [-0.39, 0.29) is 12.6 Å². The summed E-state index contributed by atoms with van der Waals surface area (Å²) in [4.78, 5) is 2.46. The summed E-state index contributed by atoms with van der Waals surface area (Å²) in [6.07, 6.45) is 5.35. The van der Waals surface area contributed by atoms with Crippen molar-refractivity contribution in [2.24, 2.45) is 5.92 Å². The molecule has 5 nitrogen and oxygen atoms in total. The Kier molecular flexibility index (Phi) is 4.85. The summed E-state index contributed by atoms with van der Waals surface area (Å²) in [5.74, 6) is 0.602. The molecule has 0 unspecified atom stereocenters. The zero-order valence-corrected chi connectivity index (χ0v) is 13.1. The van der Waals surface area contributed by atoms with Crippen molar-refractivity contribution < 1.29 is 5.11 Å². The van der Waals surface area contributed by atoms with Crippen molar-refractivity contribution in [3.63, 3.8) is 0 Å². The van der Waals surface area contributed by atoms with E-state index in [4.69, 9.17) is 5.11 Å². The Morgan fingerprint density at radius 3 is 2.91 bits per heavy atom. The van der Waals surface area contributed by atoms with Gasteiger partial charge in [0.1, 0.15) is 0 Å². The highest BCUT2D eigenvalue weighted by molar-refractivity contribution is 5.30. The van der Waals surface area contributed by atoms with Crippen LogP contribution in [0.25, 0.3) is 5.69 Å². The number of rotatable bonds is 5. The van der Waals surface area contributed by atoms with Crippen molar-refractivity contribution in [2.75, 3.05) is 19.7 Å². The molecule has 118 valence electrons. The Morgan fingerprint density at radius 2 is 2.14 bits per heavy atom. The number of hydrogen-bond donors (Lipinski definition) is 1. The van der Waals surface area contributed by atoms with Gasteiger partial charge in [-0.25, -0.2) is 4.68 Å². The van der Waals surface area contributed by atoms with Gasteiger partial charge in [-0.2, -0.15) is 0 Å². The summed E-state index contributed by atoms with van der Waals surface area (Å²) in [6, 6.07) is 10.3. The van der Waals surface area contributed by atoms with Crippen LogP contribution in [0.15, 0.2) is 36.5 Å². The lowest BCUT2D eigenvalue weighted by atomic mass is 9.94. The first-order valence-electron chi connectivity index (χ1n) is 8.10. The molecule has 0 spiro atoms. The highest BCUT2D eigenvalue weighted by Gasteiger charge is 2.25. The second-order valence-corrected chi connectivity index (χ2v) is 6.11. The molecule has 2 heterocycles. The maximum atomic E-state index is 9.15. The van der Waals surface area contributed by atoms with Gasteiger partial charge in [-0.1, -0.05) is 23.4 Å². The van der Waals surface area contributed by atoms with E-state index in [2.05, 4.69) is 22.1 Å². The lowest BCUT2D eigenvalue weighted by Gasteiger charge is -2.35. The molecule has 2 atom stereocenters. The molecule has 5 heteroatoms. The highest BCUT2D eigenvalue weighted by Crippen LogP contribution is 2.27. The highest BCUT2D eigenvalue weighted by atomic mass is 16.3. The number of aliphatic hydroxyl groups is 1. The van der Waals surface area contributed by atoms with Crippen LogP contribution in [-0.4, -0.2) is 44.7 Å². The van der Waals surface area contributed by atoms with Crippen molar-refractivity contribution in [1.29, 1.82) is 0 Å². The molecule has 1 saturated heterocycles. The van der Waals surface area contributed by atoms with Crippen LogP contribution in [0.2, 0.25) is 0 Å². The largest absolute Gasteiger partial charge is 0.396 e. The monoisotopic (exact) mass is 300 g/mol. The minimum atomic E-state index is 0.263. The molecule has 0 saturated carbocycles. The third kappa shape index (κ3) is 3.36. The number of hydrogen-bond acceptors (Lipinski definition) is 4. The Bertz CT molecular complexity index is 581. The zero-order valence-electron chi connectivity index (χ0n) is 13.1. The van der Waals surface area contributed by atoms with E-state index in [1.165, 1.54) is 12.8 Å². The van der Waals surface area contributed by atoms with Gasteiger partial charge >= 0.3 is 0 Å². The average molecular weight is 300 g/mol. The molecule has 0 amide bonds. The van der Waals surface area contributed by atoms with Crippen LogP contribution < -0.4 is 0 Å². The van der Waals surface area contributed by atoms with E-state index in [1.807, 2.05) is 41.2 Å². The number of piperidine rings is 1. The Balaban J connectivity index is 1.70. The fraction of sp³-hybridized carbons (Fsp3) is 0.529. The van der Waals surface area contributed by atoms with Crippen molar-refractivity contribution in [1.82, 2.24) is 19.9 Å². The van der Waals surface area contributed by atoms with Gasteiger partial charge < -0.3 is 5.11 Å². The number of benzene rings is 1. The van der Waals surface area contributed by atoms with Gasteiger partial charge in [0.15, 0.2) is 0 Å². The molecule has 0 bridgehead atoms. The molecular formula is C17H24N4O. The van der Waals surface area contributed by atoms with Gasteiger partial charge in [0.05, 0.1) is 23.6 Å². The lowest BCUT2D eigenvalue weighted by Crippen LogP contribution is -2.37. The van der Waals surface area contributed by atoms with E-state index in [9.17, 15) is 0 Å². The smallest absolute Gasteiger partial charge is 0.1000 e. The first-order valence-corrected chi connectivity index (χ1v) is 8.10. The molecular weight excluding hydrogens is 276 g/mol. The van der Waals surface area contributed by atoms with Crippen LogP contribution in [0.5, 0.6) is 0 Å². The quantitative estimate of drug-likeness (QED) is 0.921. The number of likely N-dealkylation sites (tertiary alicyclic amines) is 1. The van der Waals surface area contributed by atoms with E-state index in [0.717, 1.165) is 30.9 Å². The van der Waals surface area contributed by atoms with Gasteiger partial charge in [-0.15, -0.1) is 5.10 Å². The maximum Gasteiger partial charge on any atom is 0.1000 e. The minimum Gasteiger partial charge on any atom is -0.396 e. The standard InChI is InChI=1S/C17H24N4O/c1-14(20-10-5-6-15(12-20)9-11-22)17-13-21(19-18-17)16-7-3-2-4-8-16/h2-4,7-8,13-15,22H,5-6,9-12H2,1H3/t14-,15+/m1/s1. The van der Waals surface area contributed by atoms with Gasteiger partial charge in [0.25, 0.3) is 0 Å². The predicted octanol–water partition coefficient (Wildman–Crippen LogP) is 2.42. The molecule has 1 aliphatic rings. The number of para-hydroxylation sites is 1. The SMILES string of the molecule is C[C@H](c1cn(-c2ccccc2)nn1)N1CCC[C@@H](CCO)C1. The van der Waals surface area contributed by atoms with Crippen molar-refractivity contribution in [3.05, 3.63) is 42.2 Å². The van der Waals surface area contributed by atoms with Crippen LogP contribution in [-0.2, 0) is 0 Å². The number of nitrogens with zero attached hydrogens (tertiary/aromatic N) is 4. The fourth-order valence-corrected chi connectivity index (χ4v) is 3.23. The summed E-state index contributed by atoms with van der Waals surface area (Å²) in [7, 11) is 0. The van der Waals surface area contributed by atoms with Gasteiger partial charge in [0, 0.05) is 13.2 Å². The van der Waals surface area contributed by atoms with Crippen LogP contribution in [0.3, 0.4) is 0 Å². The zero-order chi connectivity index (χ0) is 15.4. The maximum absolute atomic E-state index is 9.15. The Labute approximate surface area is 131 Å². The molecule has 1 aliphatic heterocycles. The van der Waals surface area contributed by atoms with Gasteiger partial charge in [0.2, 0.25) is 0 Å². The molecule has 1 fully saturated rings. The van der Waals surface area contributed by atoms with E-state index in [1.54, 1.807) is 0 Å². The van der Waals surface area contributed by atoms with Crippen LogP contribution in [0, 0.1) is 5.92 Å². The van der Waals surface area contributed by atoms with Crippen molar-refractivity contribution >= 4 is 0 Å². The van der Waals surface area contributed by atoms with E-state index in [0.29, 0.717) is 5.92 Å². The minimum absolute atomic E-state index is 0.263. The number of aliphatic hydroxyl groups excluding tert-OH is 1. The Morgan fingerprint density at radius 1 is 1.32 bits per heavy atom. The number of aromatic nitrogens is 3. The summed E-state index contributed by atoms with van der Waals surface area (Å²) in [5, 5.41) is 17.8. The predicted molar refractivity (Wildman–Crippen MR) is 85.8 cm³/mol. The molecule has 0 aliphatic carbocycles. The first-order chi connectivity index (χ1) is 10.8. The molecule has 3 rings (SSSR count). The summed E-state index contributed by atoms with van der Waals surface area (Å²) >= 11 is 0. The molecule has 1 N–H and O–H groups in total. The molecule has 1 aromatic carbocycles. The third-order valence-corrected chi connectivity index (χ3v) is 4.60. The molecule has 22 heavy (non-hydrogen) atoms. The lowest BCUT2D eigenvalue weighted by molar-refractivity contribution is 0.113. The third-order valence-electron chi connectivity index (χ3n) is 4.60. The summed E-state index contributed by atoms with van der Waals surface area (Å²) in [5.41, 5.74) is 2.04. The summed E-state index contributed by atoms with van der Waals surface area (Å²) < 4.78 is 1.83. The van der Waals surface area contributed by atoms with Crippen molar-refractivity contribution in [3.8, 4) is 5.69 Å². The normalized spacial score (nSPS) is 20.9. The van der Waals surface area contributed by atoms with Gasteiger partial charge in [-0.05, 0) is 50.8 Å². The fourth-order valence-electron chi connectivity index (χ4n) is 3.23. The second kappa shape index (κ2) is 7.03. The van der Waals surface area contributed by atoms with Crippen LogP contribution in [0.4, 0.5) is 0 Å². The first kappa shape index (κ1) is 15.2. The Hall–Kier alpha value is -1.72.